The van der Waals surface area contributed by atoms with Crippen LogP contribution in [0.3, 0.4) is 0 Å². The zero-order chi connectivity index (χ0) is 12.5. The Morgan fingerprint density at radius 1 is 1.44 bits per heavy atom. The van der Waals surface area contributed by atoms with E-state index in [4.69, 9.17) is 5.73 Å². The van der Waals surface area contributed by atoms with E-state index in [-0.39, 0.29) is 6.61 Å². The molecule has 0 saturated carbocycles. The van der Waals surface area contributed by atoms with Crippen molar-refractivity contribution in [2.45, 2.75) is 26.8 Å². The molecule has 1 aromatic rings. The van der Waals surface area contributed by atoms with Gasteiger partial charge in [-0.25, -0.2) is 4.39 Å². The van der Waals surface area contributed by atoms with Gasteiger partial charge in [0.2, 0.25) is 0 Å². The number of benzene rings is 1. The lowest BCUT2D eigenvalue weighted by molar-refractivity contribution is 0.130. The molecule has 1 atom stereocenters. The van der Waals surface area contributed by atoms with E-state index < -0.39 is 23.0 Å². The molecule has 4 heteroatoms. The fourth-order valence-corrected chi connectivity index (χ4v) is 1.56. The Morgan fingerprint density at radius 3 is 2.50 bits per heavy atom. The van der Waals surface area contributed by atoms with Crippen LogP contribution in [0.15, 0.2) is 12.1 Å². The van der Waals surface area contributed by atoms with E-state index in [0.717, 1.165) is 0 Å². The first-order valence-electron chi connectivity index (χ1n) is 5.15. The Hall–Kier alpha value is -1.13. The summed E-state index contributed by atoms with van der Waals surface area (Å²) in [6, 6.07) is 2.15. The van der Waals surface area contributed by atoms with Crippen LogP contribution >= 0.6 is 0 Å². The number of hydrogen-bond donors (Lipinski definition) is 3. The normalized spacial score (nSPS) is 13.9. The molecule has 0 aliphatic rings. The average Bonchev–Trinajstić information content (AvgIpc) is 2.24. The quantitative estimate of drug-likeness (QED) is 0.738. The number of aryl methyl sites for hydroxylation is 1. The van der Waals surface area contributed by atoms with Crippen molar-refractivity contribution >= 4 is 0 Å². The van der Waals surface area contributed by atoms with Crippen LogP contribution in [-0.2, 0) is 0 Å². The molecule has 0 fully saturated rings. The number of aliphatic hydroxyl groups excluding tert-OH is 1. The topological polar surface area (TPSA) is 66.5 Å². The Kier molecular flexibility index (Phi) is 3.55. The van der Waals surface area contributed by atoms with Crippen LogP contribution in [0.25, 0.3) is 0 Å². The van der Waals surface area contributed by atoms with Gasteiger partial charge >= 0.3 is 0 Å². The zero-order valence-corrected chi connectivity index (χ0v) is 9.79. The maximum atomic E-state index is 13.2. The van der Waals surface area contributed by atoms with E-state index in [2.05, 4.69) is 0 Å². The summed E-state index contributed by atoms with van der Waals surface area (Å²) in [6.07, 6.45) is 0. The molecule has 90 valence electrons. The molecule has 0 bridgehead atoms. The number of phenolic OH excluding ortho intramolecular Hbond substituents is 1. The number of aromatic hydroxyl groups is 1. The smallest absolute Gasteiger partial charge is 0.165 e. The van der Waals surface area contributed by atoms with Crippen molar-refractivity contribution < 1.29 is 14.6 Å². The second-order valence-electron chi connectivity index (χ2n) is 4.75. The first-order chi connectivity index (χ1) is 7.31. The van der Waals surface area contributed by atoms with Gasteiger partial charge < -0.3 is 15.9 Å². The summed E-state index contributed by atoms with van der Waals surface area (Å²) in [5.41, 5.74) is 6.43. The Balaban J connectivity index is 3.28. The minimum atomic E-state index is -0.690. The van der Waals surface area contributed by atoms with E-state index in [1.54, 1.807) is 26.8 Å². The Bertz CT molecular complexity index is 391. The van der Waals surface area contributed by atoms with Crippen LogP contribution in [0.5, 0.6) is 5.75 Å². The summed E-state index contributed by atoms with van der Waals surface area (Å²) < 4.78 is 13.2. The van der Waals surface area contributed by atoms with E-state index in [9.17, 15) is 14.6 Å². The van der Waals surface area contributed by atoms with Crippen LogP contribution in [0.2, 0.25) is 0 Å². The van der Waals surface area contributed by atoms with Gasteiger partial charge in [-0.05, 0) is 18.6 Å². The standard InChI is InChI=1S/C12H18FNO2/c1-7-4-5-8(13)10(16)9(7)11(14)12(2,3)6-15/h4-5,11,15-16H,6,14H2,1-3H3/t11-/m1/s1. The van der Waals surface area contributed by atoms with Gasteiger partial charge in [-0.2, -0.15) is 0 Å². The molecule has 0 spiro atoms. The van der Waals surface area contributed by atoms with Gasteiger partial charge in [0.15, 0.2) is 11.6 Å². The van der Waals surface area contributed by atoms with Crippen LogP contribution < -0.4 is 5.73 Å². The number of phenols is 1. The summed E-state index contributed by atoms with van der Waals surface area (Å²) in [7, 11) is 0. The van der Waals surface area contributed by atoms with Crippen LogP contribution in [0.4, 0.5) is 4.39 Å². The number of nitrogens with two attached hydrogens (primary N) is 1. The van der Waals surface area contributed by atoms with Gasteiger partial charge in [0, 0.05) is 23.6 Å². The molecule has 3 nitrogen and oxygen atoms in total. The predicted octanol–water partition coefficient (Wildman–Crippen LogP) is 1.86. The molecule has 0 amide bonds. The maximum absolute atomic E-state index is 13.2. The zero-order valence-electron chi connectivity index (χ0n) is 9.79. The van der Waals surface area contributed by atoms with Crippen molar-refractivity contribution in [1.82, 2.24) is 0 Å². The minimum Gasteiger partial charge on any atom is -0.505 e. The van der Waals surface area contributed by atoms with Gasteiger partial charge in [-0.1, -0.05) is 19.9 Å². The summed E-state index contributed by atoms with van der Waals surface area (Å²) in [6.45, 7) is 5.15. The molecule has 0 aliphatic heterocycles. The fourth-order valence-electron chi connectivity index (χ4n) is 1.56. The third-order valence-electron chi connectivity index (χ3n) is 2.95. The number of rotatable bonds is 3. The van der Waals surface area contributed by atoms with Crippen LogP contribution in [0, 0.1) is 18.2 Å². The molecule has 4 N–H and O–H groups in total. The largest absolute Gasteiger partial charge is 0.505 e. The summed E-state index contributed by atoms with van der Waals surface area (Å²) in [4.78, 5) is 0. The van der Waals surface area contributed by atoms with E-state index in [1.807, 2.05) is 0 Å². The van der Waals surface area contributed by atoms with Crippen molar-refractivity contribution in [2.75, 3.05) is 6.61 Å². The highest BCUT2D eigenvalue weighted by atomic mass is 19.1. The van der Waals surface area contributed by atoms with Crippen LogP contribution in [0.1, 0.15) is 31.0 Å². The molecule has 0 radical (unpaired) electrons. The number of hydrogen-bond acceptors (Lipinski definition) is 3. The molecular formula is C12H18FNO2. The van der Waals surface area contributed by atoms with E-state index in [1.165, 1.54) is 6.07 Å². The highest BCUT2D eigenvalue weighted by Crippen LogP contribution is 2.38. The molecule has 0 unspecified atom stereocenters. The van der Waals surface area contributed by atoms with Gasteiger partial charge in [0.05, 0.1) is 0 Å². The van der Waals surface area contributed by atoms with Crippen molar-refractivity contribution in [3.05, 3.63) is 29.1 Å². The fraction of sp³-hybridized carbons (Fsp3) is 0.500. The Morgan fingerprint density at radius 2 is 2.00 bits per heavy atom. The van der Waals surface area contributed by atoms with Crippen molar-refractivity contribution in [2.24, 2.45) is 11.1 Å². The number of halogens is 1. The van der Waals surface area contributed by atoms with Gasteiger partial charge in [0.25, 0.3) is 0 Å². The van der Waals surface area contributed by atoms with Crippen molar-refractivity contribution in [3.8, 4) is 5.75 Å². The summed E-state index contributed by atoms with van der Waals surface area (Å²) in [5.74, 6) is -1.11. The molecule has 16 heavy (non-hydrogen) atoms. The molecule has 0 aliphatic carbocycles. The molecule has 0 heterocycles. The molecule has 0 saturated heterocycles. The summed E-state index contributed by atoms with van der Waals surface area (Å²) >= 11 is 0. The lowest BCUT2D eigenvalue weighted by Gasteiger charge is -2.31. The van der Waals surface area contributed by atoms with Crippen LogP contribution in [-0.4, -0.2) is 16.8 Å². The minimum absolute atomic E-state index is 0.135. The summed E-state index contributed by atoms with van der Waals surface area (Å²) in [5, 5.41) is 18.9. The maximum Gasteiger partial charge on any atom is 0.165 e. The third-order valence-corrected chi connectivity index (χ3v) is 2.95. The van der Waals surface area contributed by atoms with Gasteiger partial charge in [-0.3, -0.25) is 0 Å². The predicted molar refractivity (Wildman–Crippen MR) is 60.6 cm³/mol. The van der Waals surface area contributed by atoms with Gasteiger partial charge in [-0.15, -0.1) is 0 Å². The van der Waals surface area contributed by atoms with Crippen molar-refractivity contribution in [1.29, 1.82) is 0 Å². The average molecular weight is 227 g/mol. The highest BCUT2D eigenvalue weighted by molar-refractivity contribution is 5.42. The monoisotopic (exact) mass is 227 g/mol. The SMILES string of the molecule is Cc1ccc(F)c(O)c1[C@@H](N)C(C)(C)CO. The Labute approximate surface area is 94.7 Å². The molecule has 1 rings (SSSR count). The number of aliphatic hydroxyl groups is 1. The molecular weight excluding hydrogens is 209 g/mol. The van der Waals surface area contributed by atoms with Gasteiger partial charge in [0.1, 0.15) is 0 Å². The lowest BCUT2D eigenvalue weighted by Crippen LogP contribution is -2.33. The molecule has 1 aromatic carbocycles. The first-order valence-corrected chi connectivity index (χ1v) is 5.15. The van der Waals surface area contributed by atoms with Crippen molar-refractivity contribution in [3.63, 3.8) is 0 Å². The molecule has 0 aromatic heterocycles. The van der Waals surface area contributed by atoms with E-state index in [0.29, 0.717) is 11.1 Å². The van der Waals surface area contributed by atoms with E-state index >= 15 is 0 Å². The highest BCUT2D eigenvalue weighted by Gasteiger charge is 2.30. The third kappa shape index (κ3) is 2.18. The second kappa shape index (κ2) is 4.39. The lowest BCUT2D eigenvalue weighted by atomic mass is 9.80. The second-order valence-corrected chi connectivity index (χ2v) is 4.75. The first kappa shape index (κ1) is 12.9.